The Kier molecular flexibility index (Phi) is 3.59. The smallest absolute Gasteiger partial charge is 0.254 e. The van der Waals surface area contributed by atoms with Crippen molar-refractivity contribution in [1.29, 1.82) is 0 Å². The van der Waals surface area contributed by atoms with Crippen molar-refractivity contribution < 1.29 is 4.79 Å². The second-order valence-electron chi connectivity index (χ2n) is 4.79. The van der Waals surface area contributed by atoms with Crippen LogP contribution in [0.2, 0.25) is 0 Å². The van der Waals surface area contributed by atoms with Gasteiger partial charge in [-0.15, -0.1) is 0 Å². The summed E-state index contributed by atoms with van der Waals surface area (Å²) in [5.74, 6) is 0.133. The van der Waals surface area contributed by atoms with E-state index >= 15 is 0 Å². The first kappa shape index (κ1) is 12.7. The van der Waals surface area contributed by atoms with E-state index in [-0.39, 0.29) is 11.9 Å². The number of benzene rings is 1. The molecule has 4 heteroatoms. The van der Waals surface area contributed by atoms with E-state index in [0.29, 0.717) is 0 Å². The van der Waals surface area contributed by atoms with Crippen LogP contribution >= 0.6 is 22.6 Å². The molecule has 1 N–H and O–H groups in total. The number of halogens is 1. The molecule has 2 aromatic rings. The molecule has 0 saturated carbocycles. The van der Waals surface area contributed by atoms with Gasteiger partial charge in [-0.05, 0) is 71.8 Å². The zero-order chi connectivity index (χ0) is 13.2. The van der Waals surface area contributed by atoms with Crippen LogP contribution in [-0.4, -0.2) is 22.3 Å². The largest absolute Gasteiger partial charge is 0.363 e. The molecule has 2 heterocycles. The predicted octanol–water partition coefficient (Wildman–Crippen LogP) is 3.60. The van der Waals surface area contributed by atoms with Crippen molar-refractivity contribution in [3.8, 4) is 0 Å². The zero-order valence-electron chi connectivity index (χ0n) is 10.5. The van der Waals surface area contributed by atoms with E-state index in [0.717, 1.165) is 34.2 Å². The van der Waals surface area contributed by atoms with Gasteiger partial charge >= 0.3 is 0 Å². The van der Waals surface area contributed by atoms with E-state index in [4.69, 9.17) is 0 Å². The third kappa shape index (κ3) is 2.54. The molecular weight excluding hydrogens is 351 g/mol. The van der Waals surface area contributed by atoms with Crippen LogP contribution in [0.25, 0.3) is 0 Å². The summed E-state index contributed by atoms with van der Waals surface area (Å²) in [7, 11) is 0. The van der Waals surface area contributed by atoms with Gasteiger partial charge < -0.3 is 9.88 Å². The average molecular weight is 366 g/mol. The Morgan fingerprint density at radius 1 is 1.26 bits per heavy atom. The minimum atomic E-state index is 0.133. The fourth-order valence-corrected chi connectivity index (χ4v) is 3.00. The second-order valence-corrected chi connectivity index (χ2v) is 6.03. The molecule has 1 aliphatic heterocycles. The van der Waals surface area contributed by atoms with Gasteiger partial charge in [0.15, 0.2) is 0 Å². The molecule has 19 heavy (non-hydrogen) atoms. The minimum Gasteiger partial charge on any atom is -0.363 e. The van der Waals surface area contributed by atoms with E-state index in [9.17, 15) is 4.79 Å². The lowest BCUT2D eigenvalue weighted by Crippen LogP contribution is -2.30. The van der Waals surface area contributed by atoms with Gasteiger partial charge in [-0.3, -0.25) is 4.79 Å². The Morgan fingerprint density at radius 3 is 2.74 bits per heavy atom. The number of nitrogens with zero attached hydrogens (tertiary/aromatic N) is 1. The van der Waals surface area contributed by atoms with Crippen molar-refractivity contribution in [2.45, 2.75) is 18.9 Å². The molecule has 1 aromatic carbocycles. The predicted molar refractivity (Wildman–Crippen MR) is 83.0 cm³/mol. The Balaban J connectivity index is 1.84. The van der Waals surface area contributed by atoms with Crippen molar-refractivity contribution >= 4 is 28.5 Å². The van der Waals surface area contributed by atoms with Crippen LogP contribution in [0.1, 0.15) is 34.9 Å². The molecule has 98 valence electrons. The monoisotopic (exact) mass is 366 g/mol. The van der Waals surface area contributed by atoms with E-state index in [1.165, 1.54) is 0 Å². The fourth-order valence-electron chi connectivity index (χ4n) is 2.64. The van der Waals surface area contributed by atoms with Crippen LogP contribution in [0.5, 0.6) is 0 Å². The lowest BCUT2D eigenvalue weighted by atomic mass is 10.1. The fraction of sp³-hybridized carbons (Fsp3) is 0.267. The van der Waals surface area contributed by atoms with Gasteiger partial charge in [-0.1, -0.05) is 0 Å². The van der Waals surface area contributed by atoms with Crippen LogP contribution in [0.3, 0.4) is 0 Å². The van der Waals surface area contributed by atoms with Crippen LogP contribution < -0.4 is 0 Å². The summed E-state index contributed by atoms with van der Waals surface area (Å²) < 4.78 is 1.15. The Morgan fingerprint density at radius 2 is 2.05 bits per heavy atom. The molecule has 1 aromatic heterocycles. The molecular formula is C15H15IN2O. The van der Waals surface area contributed by atoms with E-state index in [2.05, 4.69) is 33.6 Å². The molecule has 1 saturated heterocycles. The summed E-state index contributed by atoms with van der Waals surface area (Å²) >= 11 is 2.25. The third-order valence-electron chi connectivity index (χ3n) is 3.59. The number of carbonyl (C=O) groups excluding carboxylic acids is 1. The number of likely N-dealkylation sites (tertiary alicyclic amines) is 1. The molecule has 1 fully saturated rings. The number of rotatable bonds is 2. The molecule has 1 unspecified atom stereocenters. The van der Waals surface area contributed by atoms with Crippen LogP contribution in [0.15, 0.2) is 42.6 Å². The standard InChI is InChI=1S/C15H15IN2O/c16-12-7-5-11(6-8-12)15(19)18-10-2-4-14(18)13-3-1-9-17-13/h1,3,5-9,14,17H,2,4,10H2. The molecule has 3 rings (SSSR count). The topological polar surface area (TPSA) is 36.1 Å². The molecule has 0 spiro atoms. The Hall–Kier alpha value is -1.30. The summed E-state index contributed by atoms with van der Waals surface area (Å²) in [6, 6.07) is 12.0. The van der Waals surface area contributed by atoms with Gasteiger partial charge in [0.25, 0.3) is 5.91 Å². The number of amides is 1. The molecule has 1 amide bonds. The van der Waals surface area contributed by atoms with Crippen molar-refractivity contribution in [1.82, 2.24) is 9.88 Å². The number of aromatic amines is 1. The van der Waals surface area contributed by atoms with Gasteiger partial charge in [0.1, 0.15) is 0 Å². The summed E-state index contributed by atoms with van der Waals surface area (Å²) in [5.41, 5.74) is 1.91. The SMILES string of the molecule is O=C(c1ccc(I)cc1)N1CCCC1c1ccc[nH]1. The second kappa shape index (κ2) is 5.36. The summed E-state index contributed by atoms with van der Waals surface area (Å²) in [4.78, 5) is 17.8. The molecule has 0 aliphatic carbocycles. The number of nitrogens with one attached hydrogen (secondary N) is 1. The lowest BCUT2D eigenvalue weighted by molar-refractivity contribution is 0.0733. The van der Waals surface area contributed by atoms with E-state index in [1.54, 1.807) is 0 Å². The maximum atomic E-state index is 12.6. The summed E-state index contributed by atoms with van der Waals surface area (Å²) in [6.07, 6.45) is 4.03. The molecule has 0 radical (unpaired) electrons. The van der Waals surface area contributed by atoms with Crippen LogP contribution in [0.4, 0.5) is 0 Å². The molecule has 1 atom stereocenters. The first-order valence-corrected chi connectivity index (χ1v) is 7.53. The van der Waals surface area contributed by atoms with Crippen LogP contribution in [0, 0.1) is 3.57 Å². The van der Waals surface area contributed by atoms with Crippen molar-refractivity contribution in [2.75, 3.05) is 6.54 Å². The first-order valence-electron chi connectivity index (χ1n) is 6.45. The van der Waals surface area contributed by atoms with Crippen LogP contribution in [-0.2, 0) is 0 Å². The lowest BCUT2D eigenvalue weighted by Gasteiger charge is -2.24. The normalized spacial score (nSPS) is 18.8. The Labute approximate surface area is 126 Å². The van der Waals surface area contributed by atoms with Crippen molar-refractivity contribution in [3.05, 3.63) is 57.4 Å². The van der Waals surface area contributed by atoms with E-state index in [1.807, 2.05) is 41.4 Å². The Bertz CT molecular complexity index is 562. The number of carbonyl (C=O) groups is 1. The average Bonchev–Trinajstić information content (AvgIpc) is 3.09. The highest BCUT2D eigenvalue weighted by molar-refractivity contribution is 14.1. The summed E-state index contributed by atoms with van der Waals surface area (Å²) in [6.45, 7) is 0.842. The molecule has 3 nitrogen and oxygen atoms in total. The third-order valence-corrected chi connectivity index (χ3v) is 4.31. The van der Waals surface area contributed by atoms with Crippen molar-refractivity contribution in [3.63, 3.8) is 0 Å². The van der Waals surface area contributed by atoms with E-state index < -0.39 is 0 Å². The maximum Gasteiger partial charge on any atom is 0.254 e. The number of hydrogen-bond acceptors (Lipinski definition) is 1. The summed E-state index contributed by atoms with van der Waals surface area (Å²) in [5, 5.41) is 0. The number of H-pyrrole nitrogens is 1. The first-order chi connectivity index (χ1) is 9.25. The molecule has 0 bridgehead atoms. The van der Waals surface area contributed by atoms with Gasteiger partial charge in [0, 0.05) is 27.6 Å². The quantitative estimate of drug-likeness (QED) is 0.811. The van der Waals surface area contributed by atoms with Gasteiger partial charge in [0.2, 0.25) is 0 Å². The highest BCUT2D eigenvalue weighted by atomic mass is 127. The van der Waals surface area contributed by atoms with Gasteiger partial charge in [-0.2, -0.15) is 0 Å². The highest BCUT2D eigenvalue weighted by Gasteiger charge is 2.30. The maximum absolute atomic E-state index is 12.6. The number of aromatic nitrogens is 1. The van der Waals surface area contributed by atoms with Crippen molar-refractivity contribution in [2.24, 2.45) is 0 Å². The zero-order valence-corrected chi connectivity index (χ0v) is 12.6. The van der Waals surface area contributed by atoms with Gasteiger partial charge in [0.05, 0.1) is 6.04 Å². The highest BCUT2D eigenvalue weighted by Crippen LogP contribution is 2.32. The molecule has 1 aliphatic rings. The van der Waals surface area contributed by atoms with Gasteiger partial charge in [-0.25, -0.2) is 0 Å². The number of hydrogen-bond donors (Lipinski definition) is 1. The minimum absolute atomic E-state index is 0.133.